The van der Waals surface area contributed by atoms with E-state index in [0.29, 0.717) is 11.6 Å². The number of rotatable bonds is 3. The standard InChI is InChI=1S/C14H18N4O2/c1-14(2,3)11-12(19)16-13(18-17-11)15-9-5-7-10(20-4)8-6-9/h5-8H,1-4H3,(H2,15,16,18,19). The van der Waals surface area contributed by atoms with Crippen molar-refractivity contribution in [2.45, 2.75) is 26.2 Å². The number of nitrogens with one attached hydrogen (secondary N) is 2. The van der Waals surface area contributed by atoms with Crippen molar-refractivity contribution in [1.82, 2.24) is 15.2 Å². The molecule has 0 spiro atoms. The molecular formula is C14H18N4O2. The molecule has 0 aliphatic heterocycles. The SMILES string of the molecule is COc1ccc(Nc2nnc(C(C)(C)C)c(=O)[nH]2)cc1. The van der Waals surface area contributed by atoms with Crippen LogP contribution in [0.2, 0.25) is 0 Å². The molecule has 2 N–H and O–H groups in total. The average molecular weight is 274 g/mol. The van der Waals surface area contributed by atoms with E-state index in [9.17, 15) is 4.79 Å². The first-order valence-corrected chi connectivity index (χ1v) is 6.29. The van der Waals surface area contributed by atoms with Crippen molar-refractivity contribution in [2.75, 3.05) is 12.4 Å². The minimum absolute atomic E-state index is 0.233. The quantitative estimate of drug-likeness (QED) is 0.897. The van der Waals surface area contributed by atoms with Crippen molar-refractivity contribution in [2.24, 2.45) is 0 Å². The summed E-state index contributed by atoms with van der Waals surface area (Å²) in [6.45, 7) is 5.76. The van der Waals surface area contributed by atoms with E-state index in [-0.39, 0.29) is 11.0 Å². The van der Waals surface area contributed by atoms with Gasteiger partial charge in [-0.05, 0) is 24.3 Å². The minimum Gasteiger partial charge on any atom is -0.497 e. The van der Waals surface area contributed by atoms with Crippen LogP contribution >= 0.6 is 0 Å². The van der Waals surface area contributed by atoms with Crippen LogP contribution in [-0.4, -0.2) is 22.3 Å². The van der Waals surface area contributed by atoms with Crippen LogP contribution < -0.4 is 15.6 Å². The average Bonchev–Trinajstić information content (AvgIpc) is 2.38. The minimum atomic E-state index is -0.334. The lowest BCUT2D eigenvalue weighted by molar-refractivity contribution is 0.415. The lowest BCUT2D eigenvalue weighted by atomic mass is 9.93. The smallest absolute Gasteiger partial charge is 0.274 e. The number of methoxy groups -OCH3 is 1. The van der Waals surface area contributed by atoms with E-state index in [1.165, 1.54) is 0 Å². The molecule has 1 heterocycles. The first-order valence-electron chi connectivity index (χ1n) is 6.29. The molecule has 6 nitrogen and oxygen atoms in total. The van der Waals surface area contributed by atoms with E-state index in [4.69, 9.17) is 4.74 Å². The fraction of sp³-hybridized carbons (Fsp3) is 0.357. The molecule has 0 fully saturated rings. The number of nitrogens with zero attached hydrogens (tertiary/aromatic N) is 2. The molecule has 2 rings (SSSR count). The van der Waals surface area contributed by atoms with Gasteiger partial charge in [0.15, 0.2) is 0 Å². The highest BCUT2D eigenvalue weighted by molar-refractivity contribution is 5.54. The first-order chi connectivity index (χ1) is 9.40. The van der Waals surface area contributed by atoms with Gasteiger partial charge < -0.3 is 10.1 Å². The predicted molar refractivity (Wildman–Crippen MR) is 77.6 cm³/mol. The van der Waals surface area contributed by atoms with Crippen molar-refractivity contribution >= 4 is 11.6 Å². The number of aromatic amines is 1. The van der Waals surface area contributed by atoms with Crippen molar-refractivity contribution in [1.29, 1.82) is 0 Å². The summed E-state index contributed by atoms with van der Waals surface area (Å²) in [5.41, 5.74) is 0.639. The van der Waals surface area contributed by atoms with Gasteiger partial charge in [-0.2, -0.15) is 0 Å². The number of hydrogen-bond donors (Lipinski definition) is 2. The molecule has 0 saturated carbocycles. The highest BCUT2D eigenvalue weighted by Crippen LogP contribution is 2.18. The summed E-state index contributed by atoms with van der Waals surface area (Å²) in [5.74, 6) is 1.08. The van der Waals surface area contributed by atoms with E-state index < -0.39 is 0 Å². The number of ether oxygens (including phenoxy) is 1. The molecule has 2 aromatic rings. The summed E-state index contributed by atoms with van der Waals surface area (Å²) in [5, 5.41) is 11.0. The third kappa shape index (κ3) is 3.14. The van der Waals surface area contributed by atoms with E-state index in [1.54, 1.807) is 7.11 Å². The largest absolute Gasteiger partial charge is 0.497 e. The van der Waals surface area contributed by atoms with Crippen LogP contribution in [0.25, 0.3) is 0 Å². The maximum absolute atomic E-state index is 12.0. The third-order valence-electron chi connectivity index (χ3n) is 2.76. The Morgan fingerprint density at radius 1 is 1.15 bits per heavy atom. The van der Waals surface area contributed by atoms with Gasteiger partial charge in [0.05, 0.1) is 7.11 Å². The highest BCUT2D eigenvalue weighted by Gasteiger charge is 2.20. The summed E-state index contributed by atoms with van der Waals surface area (Å²) >= 11 is 0. The fourth-order valence-electron chi connectivity index (χ4n) is 1.70. The molecule has 0 aliphatic rings. The van der Waals surface area contributed by atoms with Crippen molar-refractivity contribution in [3.05, 3.63) is 40.3 Å². The van der Waals surface area contributed by atoms with Gasteiger partial charge in [-0.25, -0.2) is 0 Å². The van der Waals surface area contributed by atoms with Crippen molar-refractivity contribution in [3.63, 3.8) is 0 Å². The van der Waals surface area contributed by atoms with E-state index in [2.05, 4.69) is 20.5 Å². The second-order valence-corrected chi connectivity index (χ2v) is 5.45. The normalized spacial score (nSPS) is 11.2. The summed E-state index contributed by atoms with van der Waals surface area (Å²) < 4.78 is 5.08. The van der Waals surface area contributed by atoms with Gasteiger partial charge in [-0.15, -0.1) is 10.2 Å². The molecule has 6 heteroatoms. The van der Waals surface area contributed by atoms with Crippen LogP contribution in [0.15, 0.2) is 29.1 Å². The molecule has 0 unspecified atom stereocenters. The Balaban J connectivity index is 2.22. The zero-order valence-electron chi connectivity index (χ0n) is 12.0. The second-order valence-electron chi connectivity index (χ2n) is 5.45. The monoisotopic (exact) mass is 274 g/mol. The molecule has 0 bridgehead atoms. The lowest BCUT2D eigenvalue weighted by Gasteiger charge is -2.15. The number of aromatic nitrogens is 3. The van der Waals surface area contributed by atoms with Gasteiger partial charge in [-0.3, -0.25) is 9.78 Å². The van der Waals surface area contributed by atoms with Gasteiger partial charge in [0.2, 0.25) is 5.95 Å². The Morgan fingerprint density at radius 2 is 1.80 bits per heavy atom. The van der Waals surface area contributed by atoms with Crippen LogP contribution in [0.1, 0.15) is 26.5 Å². The Hall–Kier alpha value is -2.37. The summed E-state index contributed by atoms with van der Waals surface area (Å²) in [6.07, 6.45) is 0. The topological polar surface area (TPSA) is 79.9 Å². The zero-order valence-corrected chi connectivity index (χ0v) is 12.0. The first kappa shape index (κ1) is 14.0. The maximum Gasteiger partial charge on any atom is 0.274 e. The highest BCUT2D eigenvalue weighted by atomic mass is 16.5. The van der Waals surface area contributed by atoms with Crippen LogP contribution in [-0.2, 0) is 5.41 Å². The fourth-order valence-corrected chi connectivity index (χ4v) is 1.70. The predicted octanol–water partition coefficient (Wildman–Crippen LogP) is 2.21. The second kappa shape index (κ2) is 5.32. The summed E-state index contributed by atoms with van der Waals surface area (Å²) in [4.78, 5) is 14.6. The molecule has 0 amide bonds. The van der Waals surface area contributed by atoms with Gasteiger partial charge in [0.1, 0.15) is 11.4 Å². The molecule has 0 aliphatic carbocycles. The molecule has 1 aromatic carbocycles. The Kier molecular flexibility index (Phi) is 3.74. The molecule has 106 valence electrons. The van der Waals surface area contributed by atoms with Crippen molar-refractivity contribution < 1.29 is 4.74 Å². The van der Waals surface area contributed by atoms with Gasteiger partial charge in [0, 0.05) is 11.1 Å². The van der Waals surface area contributed by atoms with Crippen LogP contribution in [0.3, 0.4) is 0 Å². The third-order valence-corrected chi connectivity index (χ3v) is 2.76. The summed E-state index contributed by atoms with van der Waals surface area (Å²) in [7, 11) is 1.61. The molecule has 0 atom stereocenters. The summed E-state index contributed by atoms with van der Waals surface area (Å²) in [6, 6.07) is 7.29. The Morgan fingerprint density at radius 3 is 2.30 bits per heavy atom. The number of anilines is 2. The van der Waals surface area contributed by atoms with E-state index >= 15 is 0 Å². The van der Waals surface area contributed by atoms with E-state index in [0.717, 1.165) is 11.4 Å². The van der Waals surface area contributed by atoms with Crippen LogP contribution in [0.4, 0.5) is 11.6 Å². The van der Waals surface area contributed by atoms with Crippen molar-refractivity contribution in [3.8, 4) is 5.75 Å². The van der Waals surface area contributed by atoms with Gasteiger partial charge >= 0.3 is 0 Å². The number of hydrogen-bond acceptors (Lipinski definition) is 5. The Bertz CT molecular complexity index is 641. The number of benzene rings is 1. The lowest BCUT2D eigenvalue weighted by Crippen LogP contribution is -2.28. The molecule has 0 saturated heterocycles. The molecule has 20 heavy (non-hydrogen) atoms. The molecule has 1 aromatic heterocycles. The molecular weight excluding hydrogens is 256 g/mol. The number of H-pyrrole nitrogens is 1. The maximum atomic E-state index is 12.0. The van der Waals surface area contributed by atoms with Crippen LogP contribution in [0, 0.1) is 0 Å². The van der Waals surface area contributed by atoms with Gasteiger partial charge in [0.25, 0.3) is 5.56 Å². The van der Waals surface area contributed by atoms with Gasteiger partial charge in [-0.1, -0.05) is 20.8 Å². The molecule has 0 radical (unpaired) electrons. The Labute approximate surface area is 117 Å². The van der Waals surface area contributed by atoms with Crippen LogP contribution in [0.5, 0.6) is 5.75 Å². The zero-order chi connectivity index (χ0) is 14.8. The van der Waals surface area contributed by atoms with E-state index in [1.807, 2.05) is 45.0 Å².